The van der Waals surface area contributed by atoms with Crippen molar-refractivity contribution in [3.05, 3.63) is 54.1 Å². The summed E-state index contributed by atoms with van der Waals surface area (Å²) in [7, 11) is 1.63. The highest BCUT2D eigenvalue weighted by atomic mass is 16.5. The maximum Gasteiger partial charge on any atom is 0.235 e. The molecule has 3 rings (SSSR count). The maximum atomic E-state index is 13.0. The van der Waals surface area contributed by atoms with Gasteiger partial charge in [0.05, 0.1) is 12.5 Å². The first-order chi connectivity index (χ1) is 12.0. The Hall–Kier alpha value is -2.82. The lowest BCUT2D eigenvalue weighted by molar-refractivity contribution is -0.124. The standard InChI is InChI=1S/C20H22N2O3/c1-14(23)21-15-8-10-16(11-9-15)22-19(24)20(12-5-13-20)17-6-3-4-7-18(17)25-2/h3-4,6-11H,5,12-13H2,1-2H3,(H,21,23)(H,22,24). The number of carbonyl (C=O) groups is 2. The van der Waals surface area contributed by atoms with Crippen molar-refractivity contribution in [3.63, 3.8) is 0 Å². The minimum Gasteiger partial charge on any atom is -0.496 e. The molecule has 0 aromatic heterocycles. The number of carbonyl (C=O) groups excluding carboxylic acids is 2. The van der Waals surface area contributed by atoms with Gasteiger partial charge in [-0.2, -0.15) is 0 Å². The van der Waals surface area contributed by atoms with Gasteiger partial charge in [-0.1, -0.05) is 24.6 Å². The number of hydrogen-bond acceptors (Lipinski definition) is 3. The summed E-state index contributed by atoms with van der Waals surface area (Å²) in [4.78, 5) is 24.1. The average molecular weight is 338 g/mol. The van der Waals surface area contributed by atoms with Gasteiger partial charge in [-0.15, -0.1) is 0 Å². The van der Waals surface area contributed by atoms with Crippen molar-refractivity contribution in [2.75, 3.05) is 17.7 Å². The number of nitrogens with one attached hydrogen (secondary N) is 2. The molecule has 5 heteroatoms. The first-order valence-corrected chi connectivity index (χ1v) is 8.38. The zero-order valence-electron chi connectivity index (χ0n) is 14.5. The zero-order chi connectivity index (χ0) is 17.9. The third-order valence-electron chi connectivity index (χ3n) is 4.73. The molecule has 130 valence electrons. The lowest BCUT2D eigenvalue weighted by Gasteiger charge is -2.41. The van der Waals surface area contributed by atoms with Crippen LogP contribution in [0, 0.1) is 0 Å². The van der Waals surface area contributed by atoms with Gasteiger partial charge in [0.1, 0.15) is 5.75 Å². The third-order valence-corrected chi connectivity index (χ3v) is 4.73. The number of anilines is 2. The topological polar surface area (TPSA) is 67.4 Å². The number of methoxy groups -OCH3 is 1. The van der Waals surface area contributed by atoms with E-state index < -0.39 is 5.41 Å². The van der Waals surface area contributed by atoms with E-state index in [4.69, 9.17) is 4.74 Å². The molecule has 0 radical (unpaired) electrons. The number of para-hydroxylation sites is 1. The molecule has 2 aromatic carbocycles. The van der Waals surface area contributed by atoms with E-state index in [1.807, 2.05) is 24.3 Å². The number of rotatable bonds is 5. The summed E-state index contributed by atoms with van der Waals surface area (Å²) in [6.07, 6.45) is 2.64. The van der Waals surface area contributed by atoms with Crippen LogP contribution in [0.15, 0.2) is 48.5 Å². The van der Waals surface area contributed by atoms with Crippen molar-refractivity contribution in [2.24, 2.45) is 0 Å². The Morgan fingerprint density at radius 3 is 2.08 bits per heavy atom. The molecule has 0 bridgehead atoms. The molecular weight excluding hydrogens is 316 g/mol. The van der Waals surface area contributed by atoms with Gasteiger partial charge in [-0.3, -0.25) is 9.59 Å². The van der Waals surface area contributed by atoms with E-state index in [1.165, 1.54) is 6.92 Å². The summed E-state index contributed by atoms with van der Waals surface area (Å²) >= 11 is 0. The first kappa shape index (κ1) is 17.0. The molecule has 1 saturated carbocycles. The molecule has 0 saturated heterocycles. The van der Waals surface area contributed by atoms with Gasteiger partial charge < -0.3 is 15.4 Å². The van der Waals surface area contributed by atoms with Gasteiger partial charge in [-0.05, 0) is 43.2 Å². The average Bonchev–Trinajstić information content (AvgIpc) is 2.56. The third kappa shape index (κ3) is 3.36. The zero-order valence-corrected chi connectivity index (χ0v) is 14.5. The minimum atomic E-state index is -0.539. The van der Waals surface area contributed by atoms with Gasteiger partial charge in [0, 0.05) is 23.9 Å². The van der Waals surface area contributed by atoms with Crippen LogP contribution in [-0.4, -0.2) is 18.9 Å². The van der Waals surface area contributed by atoms with Gasteiger partial charge >= 0.3 is 0 Å². The lowest BCUT2D eigenvalue weighted by atomic mass is 9.63. The number of amides is 2. The van der Waals surface area contributed by atoms with Crippen molar-refractivity contribution in [3.8, 4) is 5.75 Å². The molecule has 2 aromatic rings. The Bertz CT molecular complexity index is 780. The molecule has 0 unspecified atom stereocenters. The lowest BCUT2D eigenvalue weighted by Crippen LogP contribution is -2.46. The first-order valence-electron chi connectivity index (χ1n) is 8.38. The van der Waals surface area contributed by atoms with Crippen LogP contribution in [0.25, 0.3) is 0 Å². The van der Waals surface area contributed by atoms with Crippen LogP contribution in [0.5, 0.6) is 5.75 Å². The summed E-state index contributed by atoms with van der Waals surface area (Å²) in [6, 6.07) is 14.8. The van der Waals surface area contributed by atoms with E-state index in [1.54, 1.807) is 31.4 Å². The number of benzene rings is 2. The van der Waals surface area contributed by atoms with E-state index in [9.17, 15) is 9.59 Å². The van der Waals surface area contributed by atoms with Gasteiger partial charge in [-0.25, -0.2) is 0 Å². The highest BCUT2D eigenvalue weighted by Gasteiger charge is 2.47. The Kier molecular flexibility index (Phi) is 4.74. The molecule has 1 aliphatic rings. The SMILES string of the molecule is COc1ccccc1C1(C(=O)Nc2ccc(NC(C)=O)cc2)CCC1. The van der Waals surface area contributed by atoms with E-state index in [-0.39, 0.29) is 11.8 Å². The summed E-state index contributed by atoms with van der Waals surface area (Å²) in [5.41, 5.74) is 1.81. The van der Waals surface area contributed by atoms with Crippen molar-refractivity contribution >= 4 is 23.2 Å². The molecule has 0 spiro atoms. The van der Waals surface area contributed by atoms with E-state index in [0.29, 0.717) is 11.4 Å². The molecule has 0 heterocycles. The molecule has 0 atom stereocenters. The fraction of sp³-hybridized carbons (Fsp3) is 0.300. The molecule has 1 aliphatic carbocycles. The fourth-order valence-corrected chi connectivity index (χ4v) is 3.28. The van der Waals surface area contributed by atoms with E-state index in [2.05, 4.69) is 10.6 Å². The molecule has 5 nitrogen and oxygen atoms in total. The minimum absolute atomic E-state index is 0.0180. The number of ether oxygens (including phenoxy) is 1. The second kappa shape index (κ2) is 6.97. The molecule has 1 fully saturated rings. The number of hydrogen-bond donors (Lipinski definition) is 2. The van der Waals surface area contributed by atoms with Crippen molar-refractivity contribution in [2.45, 2.75) is 31.6 Å². The largest absolute Gasteiger partial charge is 0.496 e. The van der Waals surface area contributed by atoms with Crippen LogP contribution in [0.3, 0.4) is 0 Å². The van der Waals surface area contributed by atoms with Crippen LogP contribution in [0.1, 0.15) is 31.7 Å². The highest BCUT2D eigenvalue weighted by Crippen LogP contribution is 2.47. The van der Waals surface area contributed by atoms with Crippen LogP contribution in [-0.2, 0) is 15.0 Å². The Balaban J connectivity index is 1.80. The predicted molar refractivity (Wildman–Crippen MR) is 97.9 cm³/mol. The van der Waals surface area contributed by atoms with Crippen molar-refractivity contribution in [1.29, 1.82) is 0 Å². The molecule has 2 amide bonds. The Labute approximate surface area is 147 Å². The monoisotopic (exact) mass is 338 g/mol. The van der Waals surface area contributed by atoms with Crippen LogP contribution in [0.2, 0.25) is 0 Å². The van der Waals surface area contributed by atoms with Gasteiger partial charge in [0.15, 0.2) is 0 Å². The summed E-state index contributed by atoms with van der Waals surface area (Å²) < 4.78 is 5.46. The molecule has 2 N–H and O–H groups in total. The van der Waals surface area contributed by atoms with Crippen LogP contribution >= 0.6 is 0 Å². The normalized spacial score (nSPS) is 15.0. The van der Waals surface area contributed by atoms with Gasteiger partial charge in [0.25, 0.3) is 0 Å². The maximum absolute atomic E-state index is 13.0. The summed E-state index contributed by atoms with van der Waals surface area (Å²) in [5.74, 6) is 0.607. The second-order valence-corrected chi connectivity index (χ2v) is 6.35. The Morgan fingerprint density at radius 1 is 0.960 bits per heavy atom. The molecule has 0 aliphatic heterocycles. The van der Waals surface area contributed by atoms with Crippen LogP contribution in [0.4, 0.5) is 11.4 Å². The second-order valence-electron chi connectivity index (χ2n) is 6.35. The molecular formula is C20H22N2O3. The van der Waals surface area contributed by atoms with E-state index >= 15 is 0 Å². The quantitative estimate of drug-likeness (QED) is 0.873. The van der Waals surface area contributed by atoms with E-state index in [0.717, 1.165) is 30.6 Å². The Morgan fingerprint density at radius 2 is 1.56 bits per heavy atom. The summed E-state index contributed by atoms with van der Waals surface area (Å²) in [6.45, 7) is 1.46. The smallest absolute Gasteiger partial charge is 0.235 e. The van der Waals surface area contributed by atoms with Crippen molar-refractivity contribution < 1.29 is 14.3 Å². The molecule has 25 heavy (non-hydrogen) atoms. The fourth-order valence-electron chi connectivity index (χ4n) is 3.28. The van der Waals surface area contributed by atoms with Gasteiger partial charge in [0.2, 0.25) is 11.8 Å². The van der Waals surface area contributed by atoms with Crippen molar-refractivity contribution in [1.82, 2.24) is 0 Å². The predicted octanol–water partition coefficient (Wildman–Crippen LogP) is 3.71. The highest BCUT2D eigenvalue weighted by molar-refractivity contribution is 6.00. The van der Waals surface area contributed by atoms with Crippen LogP contribution < -0.4 is 15.4 Å². The summed E-state index contributed by atoms with van der Waals surface area (Å²) in [5, 5.41) is 5.72.